The summed E-state index contributed by atoms with van der Waals surface area (Å²) in [7, 11) is 1.57. The molecule has 0 N–H and O–H groups in total. The van der Waals surface area contributed by atoms with Gasteiger partial charge in [0.25, 0.3) is 5.91 Å². The van der Waals surface area contributed by atoms with Gasteiger partial charge in [-0.05, 0) is 29.8 Å². The Bertz CT molecular complexity index is 958. The number of thioether (sulfide) groups is 1. The van der Waals surface area contributed by atoms with Crippen LogP contribution in [0.5, 0.6) is 11.5 Å². The molecule has 0 spiro atoms. The highest BCUT2D eigenvalue weighted by Crippen LogP contribution is 2.35. The van der Waals surface area contributed by atoms with E-state index in [-0.39, 0.29) is 5.91 Å². The first-order chi connectivity index (χ1) is 13.5. The van der Waals surface area contributed by atoms with Crippen LogP contribution in [0.4, 0.5) is 0 Å². The highest BCUT2D eigenvalue weighted by Gasteiger charge is 2.30. The summed E-state index contributed by atoms with van der Waals surface area (Å²) >= 11 is 12.7. The van der Waals surface area contributed by atoms with Crippen molar-refractivity contribution in [1.82, 2.24) is 4.90 Å². The number of carbonyl (C=O) groups excluding carboxylic acids is 1. The van der Waals surface area contributed by atoms with Gasteiger partial charge in [-0.1, -0.05) is 65.9 Å². The third-order valence-corrected chi connectivity index (χ3v) is 5.76. The third kappa shape index (κ3) is 4.58. The average molecular weight is 432 g/mol. The topological polar surface area (TPSA) is 38.8 Å². The first-order valence-corrected chi connectivity index (χ1v) is 10.0. The second-order valence-corrected chi connectivity index (χ2v) is 7.95. The Kier molecular flexibility index (Phi) is 6.78. The van der Waals surface area contributed by atoms with Gasteiger partial charge < -0.3 is 9.47 Å². The molecule has 0 atom stereocenters. The zero-order valence-electron chi connectivity index (χ0n) is 15.2. The van der Waals surface area contributed by atoms with Gasteiger partial charge in [-0.25, -0.2) is 0 Å². The summed E-state index contributed by atoms with van der Waals surface area (Å²) in [6, 6.07) is 13.0. The summed E-state index contributed by atoms with van der Waals surface area (Å²) in [6.07, 6.45) is 3.45. The summed E-state index contributed by atoms with van der Waals surface area (Å²) in [5.41, 5.74) is 1.71. The molecule has 1 aliphatic heterocycles. The summed E-state index contributed by atoms with van der Waals surface area (Å²) in [6.45, 7) is 4.39. The van der Waals surface area contributed by atoms with Crippen LogP contribution in [-0.4, -0.2) is 28.8 Å². The van der Waals surface area contributed by atoms with Crippen LogP contribution in [0.25, 0.3) is 6.08 Å². The maximum atomic E-state index is 12.5. The summed E-state index contributed by atoms with van der Waals surface area (Å²) in [5.74, 6) is 1.05. The summed E-state index contributed by atoms with van der Waals surface area (Å²) in [5, 5.41) is 0.652. The second kappa shape index (κ2) is 9.28. The average Bonchev–Trinajstić information content (AvgIpc) is 2.95. The van der Waals surface area contributed by atoms with Crippen LogP contribution in [0.15, 0.2) is 60.0 Å². The van der Waals surface area contributed by atoms with E-state index < -0.39 is 0 Å². The van der Waals surface area contributed by atoms with Crippen LogP contribution < -0.4 is 9.47 Å². The van der Waals surface area contributed by atoms with E-state index in [9.17, 15) is 4.79 Å². The van der Waals surface area contributed by atoms with Crippen LogP contribution >= 0.6 is 35.6 Å². The molecule has 2 aromatic carbocycles. The predicted octanol–water partition coefficient (Wildman–Crippen LogP) is 5.31. The molecule has 0 unspecified atom stereocenters. The predicted molar refractivity (Wildman–Crippen MR) is 119 cm³/mol. The van der Waals surface area contributed by atoms with Gasteiger partial charge in [-0.3, -0.25) is 9.69 Å². The molecule has 1 heterocycles. The number of rotatable bonds is 7. The summed E-state index contributed by atoms with van der Waals surface area (Å²) < 4.78 is 11.8. The number of methoxy groups -OCH3 is 1. The molecule has 3 rings (SSSR count). The van der Waals surface area contributed by atoms with Crippen molar-refractivity contribution in [2.45, 2.75) is 6.61 Å². The molecule has 0 saturated carbocycles. The van der Waals surface area contributed by atoms with E-state index in [1.807, 2.05) is 42.5 Å². The smallest absolute Gasteiger partial charge is 0.266 e. The highest BCUT2D eigenvalue weighted by molar-refractivity contribution is 8.26. The van der Waals surface area contributed by atoms with Gasteiger partial charge in [-0.15, -0.1) is 6.58 Å². The van der Waals surface area contributed by atoms with E-state index in [1.54, 1.807) is 19.3 Å². The lowest BCUT2D eigenvalue weighted by molar-refractivity contribution is -0.121. The number of benzene rings is 2. The van der Waals surface area contributed by atoms with Crippen molar-refractivity contribution in [2.24, 2.45) is 0 Å². The Morgan fingerprint density at radius 2 is 2.04 bits per heavy atom. The number of thiocarbonyl (C=S) groups is 1. The fraction of sp³-hybridized carbons (Fsp3) is 0.143. The number of amides is 1. The molecule has 28 heavy (non-hydrogen) atoms. The monoisotopic (exact) mass is 431 g/mol. The maximum absolute atomic E-state index is 12.5. The van der Waals surface area contributed by atoms with E-state index >= 15 is 0 Å². The molecule has 2 aromatic rings. The molecule has 1 saturated heterocycles. The molecule has 0 bridgehead atoms. The standard InChI is InChI=1S/C21H18ClNO3S2/c1-3-10-23-20(24)19(28-21(23)27)12-14-8-9-17(18(11-14)25-2)26-13-15-6-4-5-7-16(15)22/h3-9,11-12H,1,10,13H2,2H3/b19-12-. The number of hydrogen-bond acceptors (Lipinski definition) is 5. The van der Waals surface area contributed by atoms with Crippen molar-refractivity contribution in [1.29, 1.82) is 0 Å². The molecule has 0 radical (unpaired) electrons. The van der Waals surface area contributed by atoms with Crippen molar-refractivity contribution >= 4 is 51.9 Å². The zero-order valence-corrected chi connectivity index (χ0v) is 17.6. The van der Waals surface area contributed by atoms with Crippen molar-refractivity contribution in [3.05, 3.63) is 76.2 Å². The van der Waals surface area contributed by atoms with Gasteiger partial charge in [-0.2, -0.15) is 0 Å². The van der Waals surface area contributed by atoms with Crippen LogP contribution in [0.2, 0.25) is 5.02 Å². The normalized spacial score (nSPS) is 15.2. The van der Waals surface area contributed by atoms with E-state index in [4.69, 9.17) is 33.3 Å². The molecular formula is C21H18ClNO3S2. The Morgan fingerprint density at radius 1 is 1.25 bits per heavy atom. The first-order valence-electron chi connectivity index (χ1n) is 8.44. The molecule has 1 amide bonds. The van der Waals surface area contributed by atoms with Crippen LogP contribution in [0.1, 0.15) is 11.1 Å². The van der Waals surface area contributed by atoms with Crippen molar-refractivity contribution in [3.63, 3.8) is 0 Å². The van der Waals surface area contributed by atoms with Gasteiger partial charge in [0, 0.05) is 17.1 Å². The van der Waals surface area contributed by atoms with Gasteiger partial charge in [0.15, 0.2) is 11.5 Å². The maximum Gasteiger partial charge on any atom is 0.266 e. The van der Waals surface area contributed by atoms with E-state index in [2.05, 4.69) is 6.58 Å². The van der Waals surface area contributed by atoms with Gasteiger partial charge >= 0.3 is 0 Å². The fourth-order valence-electron chi connectivity index (χ4n) is 2.60. The lowest BCUT2D eigenvalue weighted by Gasteiger charge is -2.12. The Morgan fingerprint density at radius 3 is 2.75 bits per heavy atom. The summed E-state index contributed by atoms with van der Waals surface area (Å²) in [4.78, 5) is 14.5. The molecule has 1 aliphatic rings. The number of halogens is 1. The fourth-order valence-corrected chi connectivity index (χ4v) is 4.07. The van der Waals surface area contributed by atoms with Gasteiger partial charge in [0.05, 0.1) is 12.0 Å². The van der Waals surface area contributed by atoms with E-state index in [0.29, 0.717) is 38.9 Å². The highest BCUT2D eigenvalue weighted by atomic mass is 35.5. The lowest BCUT2D eigenvalue weighted by atomic mass is 10.1. The molecule has 4 nitrogen and oxygen atoms in total. The van der Waals surface area contributed by atoms with E-state index in [1.165, 1.54) is 16.7 Å². The Hall–Kier alpha value is -2.28. The van der Waals surface area contributed by atoms with E-state index in [0.717, 1.165) is 11.1 Å². The molecular weight excluding hydrogens is 414 g/mol. The first kappa shape index (κ1) is 20.5. The van der Waals surface area contributed by atoms with Gasteiger partial charge in [0.1, 0.15) is 10.9 Å². The largest absolute Gasteiger partial charge is 0.493 e. The zero-order chi connectivity index (χ0) is 20.1. The molecule has 1 fully saturated rings. The molecule has 7 heteroatoms. The lowest BCUT2D eigenvalue weighted by Crippen LogP contribution is -2.27. The SMILES string of the molecule is C=CCN1C(=O)/C(=C/c2ccc(OCc3ccccc3Cl)c(OC)c2)SC1=S. The second-order valence-electron chi connectivity index (χ2n) is 5.87. The third-order valence-electron chi connectivity index (χ3n) is 4.01. The quantitative estimate of drug-likeness (QED) is 0.337. The number of nitrogens with zero attached hydrogens (tertiary/aromatic N) is 1. The van der Waals surface area contributed by atoms with Crippen LogP contribution in [0, 0.1) is 0 Å². The Labute approximate surface area is 178 Å². The van der Waals surface area contributed by atoms with Crippen molar-refractivity contribution in [3.8, 4) is 11.5 Å². The van der Waals surface area contributed by atoms with Crippen LogP contribution in [0.3, 0.4) is 0 Å². The minimum atomic E-state index is -0.118. The Balaban J connectivity index is 1.78. The molecule has 0 aliphatic carbocycles. The van der Waals surface area contributed by atoms with Crippen molar-refractivity contribution in [2.75, 3.05) is 13.7 Å². The molecule has 0 aromatic heterocycles. The minimum Gasteiger partial charge on any atom is -0.493 e. The minimum absolute atomic E-state index is 0.118. The van der Waals surface area contributed by atoms with Gasteiger partial charge in [0.2, 0.25) is 0 Å². The van der Waals surface area contributed by atoms with Crippen LogP contribution in [-0.2, 0) is 11.4 Å². The number of ether oxygens (including phenoxy) is 2. The number of carbonyl (C=O) groups is 1. The van der Waals surface area contributed by atoms with Crippen molar-refractivity contribution < 1.29 is 14.3 Å². The molecule has 144 valence electrons. The number of hydrogen-bond donors (Lipinski definition) is 0.